The summed E-state index contributed by atoms with van der Waals surface area (Å²) in [6.07, 6.45) is 0.835. The molecule has 2 aliphatic rings. The normalized spacial score (nSPS) is 20.4. The van der Waals surface area contributed by atoms with Crippen LogP contribution < -0.4 is 9.57 Å². The Kier molecular flexibility index (Phi) is 7.73. The number of carbonyl (C=O) groups excluding carboxylic acids is 1. The van der Waals surface area contributed by atoms with Gasteiger partial charge >= 0.3 is 0 Å². The van der Waals surface area contributed by atoms with Crippen molar-refractivity contribution in [3.63, 3.8) is 0 Å². The lowest BCUT2D eigenvalue weighted by molar-refractivity contribution is -0.167. The number of carbonyl (C=O) groups is 1. The topological polar surface area (TPSA) is 114 Å². The quantitative estimate of drug-likeness (QED) is 0.305. The molecule has 0 bridgehead atoms. The van der Waals surface area contributed by atoms with Crippen LogP contribution in [-0.2, 0) is 37.3 Å². The van der Waals surface area contributed by atoms with Crippen molar-refractivity contribution in [3.05, 3.63) is 107 Å². The van der Waals surface area contributed by atoms with E-state index in [4.69, 9.17) is 14.2 Å². The van der Waals surface area contributed by atoms with E-state index < -0.39 is 46.1 Å². The third-order valence-electron chi connectivity index (χ3n) is 6.25. The van der Waals surface area contributed by atoms with Crippen molar-refractivity contribution in [3.8, 4) is 5.75 Å². The third-order valence-corrected chi connectivity index (χ3v) is 7.56. The van der Waals surface area contributed by atoms with Crippen LogP contribution in [0.1, 0.15) is 17.5 Å². The molecule has 0 aromatic heterocycles. The van der Waals surface area contributed by atoms with Gasteiger partial charge in [0.25, 0.3) is 15.9 Å². The zero-order valence-corrected chi connectivity index (χ0v) is 21.2. The highest BCUT2D eigenvalue weighted by atomic mass is 32.2. The summed E-state index contributed by atoms with van der Waals surface area (Å²) < 4.78 is 69.3. The van der Waals surface area contributed by atoms with Crippen molar-refractivity contribution < 1.29 is 41.4 Å². The first-order valence-corrected chi connectivity index (χ1v) is 13.4. The highest BCUT2D eigenvalue weighted by molar-refractivity contribution is 7.89. The Hall–Kier alpha value is -3.68. The molecule has 1 amide bonds. The molecule has 3 unspecified atom stereocenters. The van der Waals surface area contributed by atoms with Crippen molar-refractivity contribution in [2.45, 2.75) is 42.8 Å². The summed E-state index contributed by atoms with van der Waals surface area (Å²) in [7, 11) is -4.33. The van der Waals surface area contributed by atoms with Crippen LogP contribution in [0, 0.1) is 11.6 Å². The maximum absolute atomic E-state index is 13.8. The van der Waals surface area contributed by atoms with Gasteiger partial charge in [-0.1, -0.05) is 35.2 Å². The van der Waals surface area contributed by atoms with Gasteiger partial charge in [0, 0.05) is 30.0 Å². The summed E-state index contributed by atoms with van der Waals surface area (Å²) >= 11 is 0. The Balaban J connectivity index is 1.15. The van der Waals surface area contributed by atoms with Gasteiger partial charge in [-0.2, -0.15) is 0 Å². The minimum absolute atomic E-state index is 0.0919. The summed E-state index contributed by atoms with van der Waals surface area (Å²) in [6, 6.07) is 17.7. The van der Waals surface area contributed by atoms with Gasteiger partial charge in [-0.05, 0) is 48.0 Å². The molecule has 204 valence electrons. The van der Waals surface area contributed by atoms with E-state index in [1.165, 1.54) is 36.4 Å². The summed E-state index contributed by atoms with van der Waals surface area (Å²) in [4.78, 5) is 14.2. The number of benzene rings is 3. The molecular formula is C27H24F2N2O7S. The fraction of sp³-hybridized carbons (Fsp3) is 0.222. The molecule has 1 fully saturated rings. The van der Waals surface area contributed by atoms with E-state index in [9.17, 15) is 27.2 Å². The van der Waals surface area contributed by atoms with Gasteiger partial charge in [0.05, 0.1) is 11.0 Å². The van der Waals surface area contributed by atoms with E-state index in [0.29, 0.717) is 6.42 Å². The lowest BCUT2D eigenvalue weighted by Gasteiger charge is -2.17. The van der Waals surface area contributed by atoms with Crippen LogP contribution in [0.3, 0.4) is 0 Å². The fourth-order valence-corrected chi connectivity index (χ4v) is 5.19. The Morgan fingerprint density at radius 1 is 1.05 bits per heavy atom. The number of nitrogens with one attached hydrogen (secondary N) is 1. The zero-order chi connectivity index (χ0) is 27.6. The number of amides is 1. The number of nitrogens with zero attached hydrogens (tertiary/aromatic N) is 1. The van der Waals surface area contributed by atoms with E-state index in [0.717, 1.165) is 17.7 Å². The molecule has 0 saturated carbocycles. The Morgan fingerprint density at radius 2 is 1.79 bits per heavy atom. The van der Waals surface area contributed by atoms with Crippen molar-refractivity contribution in [2.24, 2.45) is 0 Å². The van der Waals surface area contributed by atoms with Crippen molar-refractivity contribution >= 4 is 15.9 Å². The monoisotopic (exact) mass is 558 g/mol. The van der Waals surface area contributed by atoms with E-state index in [2.05, 4.69) is 0 Å². The maximum atomic E-state index is 13.8. The minimum atomic E-state index is -4.33. The molecule has 39 heavy (non-hydrogen) atoms. The summed E-state index contributed by atoms with van der Waals surface area (Å²) in [5.41, 5.74) is 1.31. The molecule has 0 radical (unpaired) electrons. The van der Waals surface area contributed by atoms with Crippen LogP contribution in [0.5, 0.6) is 5.75 Å². The first kappa shape index (κ1) is 26.9. The number of hydroxylamine groups is 1. The Bertz CT molecular complexity index is 1480. The van der Waals surface area contributed by atoms with Gasteiger partial charge in [0.2, 0.25) is 0 Å². The highest BCUT2D eigenvalue weighted by Gasteiger charge is 2.42. The largest absolute Gasteiger partial charge is 0.489 e. The number of hydrogen-bond acceptors (Lipinski definition) is 7. The molecule has 0 spiro atoms. The van der Waals surface area contributed by atoms with Gasteiger partial charge in [0.15, 0.2) is 6.29 Å². The highest BCUT2D eigenvalue weighted by Crippen LogP contribution is 2.34. The van der Waals surface area contributed by atoms with Crippen LogP contribution in [0.15, 0.2) is 89.3 Å². The molecule has 3 atom stereocenters. The summed E-state index contributed by atoms with van der Waals surface area (Å²) in [5.74, 6) is -2.21. The van der Waals surface area contributed by atoms with E-state index in [-0.39, 0.29) is 40.0 Å². The van der Waals surface area contributed by atoms with Crippen LogP contribution in [0.4, 0.5) is 8.78 Å². The second-order valence-corrected chi connectivity index (χ2v) is 10.7. The number of fused-ring (bicyclic) bond motifs is 1. The molecule has 1 aliphatic heterocycles. The van der Waals surface area contributed by atoms with Crippen molar-refractivity contribution in [1.29, 1.82) is 0 Å². The molecule has 3 aromatic rings. The number of hydrogen-bond donors (Lipinski definition) is 2. The molecule has 2 N–H and O–H groups in total. The number of sulfonamides is 1. The van der Waals surface area contributed by atoms with Gasteiger partial charge in [-0.15, -0.1) is 5.17 Å². The average Bonchev–Trinajstić information content (AvgIpc) is 3.47. The van der Waals surface area contributed by atoms with Crippen LogP contribution in [-0.4, -0.2) is 43.2 Å². The van der Waals surface area contributed by atoms with E-state index in [1.807, 2.05) is 35.2 Å². The molecule has 5 rings (SSSR count). The van der Waals surface area contributed by atoms with E-state index in [1.54, 1.807) is 0 Å². The van der Waals surface area contributed by atoms with Gasteiger partial charge in [-0.3, -0.25) is 10.0 Å². The zero-order valence-electron chi connectivity index (χ0n) is 20.4. The van der Waals surface area contributed by atoms with Crippen LogP contribution >= 0.6 is 0 Å². The minimum Gasteiger partial charge on any atom is -0.489 e. The first-order chi connectivity index (χ1) is 18.7. The second kappa shape index (κ2) is 11.2. The van der Waals surface area contributed by atoms with Crippen molar-refractivity contribution in [1.82, 2.24) is 10.0 Å². The smallest absolute Gasteiger partial charge is 0.289 e. The number of hydrazine groups is 1. The maximum Gasteiger partial charge on any atom is 0.289 e. The third kappa shape index (κ3) is 6.32. The fourth-order valence-electron chi connectivity index (χ4n) is 4.28. The Labute approximate surface area is 223 Å². The molecule has 12 heteroatoms. The number of rotatable bonds is 9. The summed E-state index contributed by atoms with van der Waals surface area (Å²) in [6.45, 7) is -0.201. The van der Waals surface area contributed by atoms with Gasteiger partial charge in [-0.25, -0.2) is 17.2 Å². The lowest BCUT2D eigenvalue weighted by atomic mass is 10.1. The van der Waals surface area contributed by atoms with Crippen LogP contribution in [0.2, 0.25) is 0 Å². The van der Waals surface area contributed by atoms with Crippen molar-refractivity contribution in [2.75, 3.05) is 0 Å². The predicted octanol–water partition coefficient (Wildman–Crippen LogP) is 3.64. The second-order valence-electron chi connectivity index (χ2n) is 9.00. The number of ether oxygens (including phenoxy) is 3. The lowest BCUT2D eigenvalue weighted by Crippen LogP contribution is -2.44. The first-order valence-electron chi connectivity index (χ1n) is 12.0. The van der Waals surface area contributed by atoms with Crippen LogP contribution in [0.25, 0.3) is 0 Å². The van der Waals surface area contributed by atoms with Gasteiger partial charge < -0.3 is 14.2 Å². The average molecular weight is 559 g/mol. The molecule has 3 aromatic carbocycles. The molecule has 1 saturated heterocycles. The standard InChI is InChI=1S/C27H24F2N2O7S/c28-20-7-6-18(23(29)15-20)16-36-21-8-10-22(11-9-21)39(34,35)30-31(33)27(32)19-13-24-25(14-19)38-26(37-24)12-17-4-2-1-3-5-17/h1-11,13,15,24-26,30,33H,12,14,16H2. The Morgan fingerprint density at radius 3 is 2.49 bits per heavy atom. The SMILES string of the molecule is O=C(C1=CC2OC(Cc3ccccc3)OC2C1)N(O)NS(=O)(=O)c1ccc(OCc2ccc(F)cc2F)cc1. The molecule has 1 heterocycles. The van der Waals surface area contributed by atoms with Gasteiger partial charge in [0.1, 0.15) is 30.1 Å². The molecule has 9 nitrogen and oxygen atoms in total. The molecule has 1 aliphatic carbocycles. The summed E-state index contributed by atoms with van der Waals surface area (Å²) in [5, 5.41) is 10.1. The number of halogens is 2. The molecular weight excluding hydrogens is 534 g/mol. The predicted molar refractivity (Wildman–Crippen MR) is 132 cm³/mol. The van der Waals surface area contributed by atoms with E-state index >= 15 is 0 Å².